The average molecular weight is 317 g/mol. The minimum Gasteiger partial charge on any atom is -0.381 e. The molecule has 3 heteroatoms. The molecule has 2 unspecified atom stereocenters. The highest BCUT2D eigenvalue weighted by atomic mass is 16.5. The predicted octanol–water partition coefficient (Wildman–Crippen LogP) is 4.01. The average Bonchev–Trinajstić information content (AvgIpc) is 2.55. The third kappa shape index (κ3) is 4.81. The molecule has 1 aromatic rings. The molecule has 1 aromatic carbocycles. The van der Waals surface area contributed by atoms with Gasteiger partial charge in [-0.25, -0.2) is 0 Å². The third-order valence-corrected chi connectivity index (χ3v) is 4.76. The number of carbonyl (C=O) groups excluding carboxylic acids is 1. The summed E-state index contributed by atoms with van der Waals surface area (Å²) < 4.78 is 5.57. The molecule has 0 radical (unpaired) electrons. The van der Waals surface area contributed by atoms with E-state index in [2.05, 4.69) is 49.9 Å². The molecule has 0 aliphatic carbocycles. The van der Waals surface area contributed by atoms with E-state index in [0.29, 0.717) is 11.8 Å². The van der Waals surface area contributed by atoms with Crippen LogP contribution in [-0.4, -0.2) is 37.1 Å². The van der Waals surface area contributed by atoms with E-state index in [-0.39, 0.29) is 11.8 Å². The standard InChI is InChI=1S/C20H31NO2/c1-5-23-14-17-7-6-12-21(13-17)20(22)19(15(2)3)18-10-8-16(4)9-11-18/h8-11,15,17,19H,5-7,12-14H2,1-4H3. The fraction of sp³-hybridized carbons (Fsp3) is 0.650. The van der Waals surface area contributed by atoms with Crippen LogP contribution in [0.5, 0.6) is 0 Å². The maximum absolute atomic E-state index is 13.1. The SMILES string of the molecule is CCOCC1CCCN(C(=O)C(c2ccc(C)cc2)C(C)C)C1. The topological polar surface area (TPSA) is 29.5 Å². The van der Waals surface area contributed by atoms with Crippen molar-refractivity contribution < 1.29 is 9.53 Å². The molecular formula is C20H31NO2. The fourth-order valence-corrected chi connectivity index (χ4v) is 3.47. The Morgan fingerprint density at radius 2 is 2.00 bits per heavy atom. The number of aryl methyl sites for hydroxylation is 1. The smallest absolute Gasteiger partial charge is 0.230 e. The Hall–Kier alpha value is -1.35. The van der Waals surface area contributed by atoms with Gasteiger partial charge in [0.05, 0.1) is 12.5 Å². The number of hydrogen-bond acceptors (Lipinski definition) is 2. The molecule has 3 nitrogen and oxygen atoms in total. The number of hydrogen-bond donors (Lipinski definition) is 0. The van der Waals surface area contributed by atoms with E-state index in [1.54, 1.807) is 0 Å². The molecule has 0 saturated carbocycles. The zero-order chi connectivity index (χ0) is 16.8. The van der Waals surface area contributed by atoms with Crippen molar-refractivity contribution in [3.8, 4) is 0 Å². The Morgan fingerprint density at radius 3 is 2.61 bits per heavy atom. The summed E-state index contributed by atoms with van der Waals surface area (Å²) in [6.07, 6.45) is 2.25. The number of likely N-dealkylation sites (tertiary alicyclic amines) is 1. The van der Waals surface area contributed by atoms with Crippen molar-refractivity contribution in [3.05, 3.63) is 35.4 Å². The first-order chi connectivity index (χ1) is 11.0. The van der Waals surface area contributed by atoms with Gasteiger partial charge in [-0.2, -0.15) is 0 Å². The van der Waals surface area contributed by atoms with Crippen molar-refractivity contribution in [3.63, 3.8) is 0 Å². The minimum atomic E-state index is -0.0403. The van der Waals surface area contributed by atoms with Gasteiger partial charge >= 0.3 is 0 Å². The van der Waals surface area contributed by atoms with Gasteiger partial charge in [-0.05, 0) is 44.1 Å². The van der Waals surface area contributed by atoms with E-state index in [0.717, 1.165) is 38.3 Å². The monoisotopic (exact) mass is 317 g/mol. The molecule has 1 aliphatic rings. The van der Waals surface area contributed by atoms with E-state index in [9.17, 15) is 4.79 Å². The van der Waals surface area contributed by atoms with Gasteiger partial charge in [0.2, 0.25) is 5.91 Å². The second-order valence-electron chi connectivity index (χ2n) is 7.08. The highest BCUT2D eigenvalue weighted by Gasteiger charge is 2.31. The molecule has 0 bridgehead atoms. The molecule has 23 heavy (non-hydrogen) atoms. The summed E-state index contributed by atoms with van der Waals surface area (Å²) in [6, 6.07) is 8.43. The van der Waals surface area contributed by atoms with Crippen molar-refractivity contribution in [2.75, 3.05) is 26.3 Å². The van der Waals surface area contributed by atoms with Crippen molar-refractivity contribution in [1.29, 1.82) is 0 Å². The largest absolute Gasteiger partial charge is 0.381 e. The zero-order valence-electron chi connectivity index (χ0n) is 15.0. The number of amides is 1. The number of nitrogens with zero attached hydrogens (tertiary/aromatic N) is 1. The quantitative estimate of drug-likeness (QED) is 0.793. The molecule has 1 amide bonds. The van der Waals surface area contributed by atoms with Crippen LogP contribution < -0.4 is 0 Å². The lowest BCUT2D eigenvalue weighted by atomic mass is 9.86. The van der Waals surface area contributed by atoms with E-state index >= 15 is 0 Å². The van der Waals surface area contributed by atoms with Crippen LogP contribution in [0.15, 0.2) is 24.3 Å². The van der Waals surface area contributed by atoms with Gasteiger partial charge in [-0.1, -0.05) is 43.7 Å². The summed E-state index contributed by atoms with van der Waals surface area (Å²) in [4.78, 5) is 15.2. The molecule has 1 aliphatic heterocycles. The summed E-state index contributed by atoms with van der Waals surface area (Å²) in [5.41, 5.74) is 2.38. The van der Waals surface area contributed by atoms with Crippen LogP contribution in [-0.2, 0) is 9.53 Å². The number of rotatable bonds is 6. The van der Waals surface area contributed by atoms with Gasteiger partial charge in [-0.3, -0.25) is 4.79 Å². The molecule has 128 valence electrons. The second kappa shape index (κ2) is 8.49. The Kier molecular flexibility index (Phi) is 6.64. The molecule has 1 fully saturated rings. The molecule has 2 rings (SSSR count). The van der Waals surface area contributed by atoms with Gasteiger partial charge in [0, 0.05) is 19.7 Å². The molecule has 1 saturated heterocycles. The fourth-order valence-electron chi connectivity index (χ4n) is 3.47. The normalized spacial score (nSPS) is 19.9. The van der Waals surface area contributed by atoms with Crippen molar-refractivity contribution >= 4 is 5.91 Å². The van der Waals surface area contributed by atoms with Crippen molar-refractivity contribution in [2.45, 2.75) is 46.5 Å². The zero-order valence-corrected chi connectivity index (χ0v) is 15.0. The maximum Gasteiger partial charge on any atom is 0.230 e. The lowest BCUT2D eigenvalue weighted by molar-refractivity contribution is -0.136. The molecule has 2 atom stereocenters. The van der Waals surface area contributed by atoms with Crippen LogP contribution in [0, 0.1) is 18.8 Å². The van der Waals surface area contributed by atoms with Crippen LogP contribution in [0.1, 0.15) is 50.7 Å². The van der Waals surface area contributed by atoms with Crippen molar-refractivity contribution in [1.82, 2.24) is 4.90 Å². The predicted molar refractivity (Wildman–Crippen MR) is 94.6 cm³/mol. The summed E-state index contributed by atoms with van der Waals surface area (Å²) >= 11 is 0. The minimum absolute atomic E-state index is 0.0403. The Balaban J connectivity index is 2.09. The van der Waals surface area contributed by atoms with Gasteiger partial charge in [0.1, 0.15) is 0 Å². The first-order valence-electron chi connectivity index (χ1n) is 8.96. The van der Waals surface area contributed by atoms with Crippen molar-refractivity contribution in [2.24, 2.45) is 11.8 Å². The number of carbonyl (C=O) groups is 1. The highest BCUT2D eigenvalue weighted by Crippen LogP contribution is 2.29. The first kappa shape index (κ1) is 18.0. The molecule has 1 heterocycles. The lowest BCUT2D eigenvalue weighted by Crippen LogP contribution is -2.44. The van der Waals surface area contributed by atoms with Crippen LogP contribution in [0.3, 0.4) is 0 Å². The Bertz CT molecular complexity index is 495. The van der Waals surface area contributed by atoms with Gasteiger partial charge in [0.15, 0.2) is 0 Å². The second-order valence-corrected chi connectivity index (χ2v) is 7.08. The van der Waals surface area contributed by atoms with E-state index in [4.69, 9.17) is 4.74 Å². The number of benzene rings is 1. The molecular weight excluding hydrogens is 286 g/mol. The van der Waals surface area contributed by atoms with E-state index in [1.165, 1.54) is 12.0 Å². The summed E-state index contributed by atoms with van der Waals surface area (Å²) in [5.74, 6) is 1.03. The van der Waals surface area contributed by atoms with Gasteiger partial charge in [0.25, 0.3) is 0 Å². The number of ether oxygens (including phenoxy) is 1. The Morgan fingerprint density at radius 1 is 1.30 bits per heavy atom. The van der Waals surface area contributed by atoms with E-state index in [1.807, 2.05) is 6.92 Å². The van der Waals surface area contributed by atoms with Crippen LogP contribution in [0.4, 0.5) is 0 Å². The summed E-state index contributed by atoms with van der Waals surface area (Å²) in [7, 11) is 0. The van der Waals surface area contributed by atoms with Crippen LogP contribution in [0.2, 0.25) is 0 Å². The molecule has 0 aromatic heterocycles. The number of piperidine rings is 1. The Labute approximate surface area is 141 Å². The summed E-state index contributed by atoms with van der Waals surface area (Å²) in [5, 5.41) is 0. The maximum atomic E-state index is 13.1. The van der Waals surface area contributed by atoms with E-state index < -0.39 is 0 Å². The first-order valence-corrected chi connectivity index (χ1v) is 8.96. The molecule has 0 spiro atoms. The van der Waals surface area contributed by atoms with Crippen LogP contribution >= 0.6 is 0 Å². The van der Waals surface area contributed by atoms with Gasteiger partial charge < -0.3 is 9.64 Å². The van der Waals surface area contributed by atoms with Crippen LogP contribution in [0.25, 0.3) is 0 Å². The molecule has 0 N–H and O–H groups in total. The third-order valence-electron chi connectivity index (χ3n) is 4.76. The lowest BCUT2D eigenvalue weighted by Gasteiger charge is -2.36. The summed E-state index contributed by atoms with van der Waals surface area (Å²) in [6.45, 7) is 11.6. The van der Waals surface area contributed by atoms with Gasteiger partial charge in [-0.15, -0.1) is 0 Å². The highest BCUT2D eigenvalue weighted by molar-refractivity contribution is 5.84.